The van der Waals surface area contributed by atoms with Crippen molar-refractivity contribution < 1.29 is 9.90 Å². The minimum Gasteiger partial charge on any atom is -0.386 e. The van der Waals surface area contributed by atoms with Crippen LogP contribution in [0, 0.1) is 12.8 Å². The van der Waals surface area contributed by atoms with E-state index in [4.69, 9.17) is 0 Å². The van der Waals surface area contributed by atoms with Crippen molar-refractivity contribution in [2.24, 2.45) is 5.92 Å². The Morgan fingerprint density at radius 2 is 2.12 bits per heavy atom. The highest BCUT2D eigenvalue weighted by Crippen LogP contribution is 2.29. The number of likely N-dealkylation sites (tertiary alicyclic amines) is 1. The smallest absolute Gasteiger partial charge is 0.272 e. The van der Waals surface area contributed by atoms with Gasteiger partial charge in [0.1, 0.15) is 11.3 Å². The van der Waals surface area contributed by atoms with Crippen LogP contribution in [0.5, 0.6) is 0 Å². The van der Waals surface area contributed by atoms with Crippen LogP contribution in [-0.4, -0.2) is 39.6 Å². The number of pyridine rings is 1. The van der Waals surface area contributed by atoms with Gasteiger partial charge < -0.3 is 10.0 Å². The van der Waals surface area contributed by atoms with Gasteiger partial charge in [0.25, 0.3) is 5.91 Å². The molecule has 0 saturated carbocycles. The predicted molar refractivity (Wildman–Crippen MR) is 64.7 cm³/mol. The van der Waals surface area contributed by atoms with Crippen molar-refractivity contribution in [2.45, 2.75) is 26.4 Å². The molecule has 1 N–H and O–H groups in total. The largest absolute Gasteiger partial charge is 0.386 e. The molecule has 0 atom stereocenters. The molecule has 2 heterocycles. The number of rotatable bonds is 2. The minimum absolute atomic E-state index is 0.0981. The molecular formula is C13H18N2O2. The van der Waals surface area contributed by atoms with Crippen molar-refractivity contribution in [3.8, 4) is 0 Å². The number of carbonyl (C=O) groups excluding carboxylic acids is 1. The number of hydrogen-bond donors (Lipinski definition) is 1. The summed E-state index contributed by atoms with van der Waals surface area (Å²) in [5.41, 5.74) is 0.561. The monoisotopic (exact) mass is 234 g/mol. The molecule has 0 aromatic carbocycles. The van der Waals surface area contributed by atoms with Gasteiger partial charge >= 0.3 is 0 Å². The first-order valence-corrected chi connectivity index (χ1v) is 5.88. The molecule has 92 valence electrons. The van der Waals surface area contributed by atoms with Gasteiger partial charge in [-0.05, 0) is 25.0 Å². The van der Waals surface area contributed by atoms with E-state index in [2.05, 4.69) is 4.98 Å². The number of hydrogen-bond acceptors (Lipinski definition) is 3. The van der Waals surface area contributed by atoms with Crippen LogP contribution in [0.1, 0.15) is 30.0 Å². The van der Waals surface area contributed by atoms with Gasteiger partial charge in [-0.2, -0.15) is 0 Å². The van der Waals surface area contributed by atoms with Crippen molar-refractivity contribution in [1.82, 2.24) is 9.88 Å². The first-order chi connectivity index (χ1) is 7.92. The van der Waals surface area contributed by atoms with E-state index in [-0.39, 0.29) is 11.8 Å². The number of aryl methyl sites for hydroxylation is 1. The molecule has 1 aliphatic rings. The molecule has 1 amide bonds. The SMILES string of the molecule is Cc1cccc(C(=O)N2CC(O)(C(C)C)C2)n1. The van der Waals surface area contributed by atoms with E-state index in [1.165, 1.54) is 0 Å². The molecule has 0 unspecified atom stereocenters. The molecule has 1 aliphatic heterocycles. The second-order valence-corrected chi connectivity index (χ2v) is 5.08. The number of aromatic nitrogens is 1. The molecule has 0 aliphatic carbocycles. The lowest BCUT2D eigenvalue weighted by Crippen LogP contribution is -2.66. The molecule has 0 radical (unpaired) electrons. The van der Waals surface area contributed by atoms with Gasteiger partial charge in [-0.15, -0.1) is 0 Å². The maximum atomic E-state index is 12.0. The van der Waals surface area contributed by atoms with Crippen molar-refractivity contribution in [1.29, 1.82) is 0 Å². The fraction of sp³-hybridized carbons (Fsp3) is 0.538. The van der Waals surface area contributed by atoms with Gasteiger partial charge in [-0.1, -0.05) is 19.9 Å². The number of β-amino-alcohol motifs (C(OH)–C–C–N with tert-alkyl or cyclic N) is 1. The molecule has 0 bridgehead atoms. The predicted octanol–water partition coefficient (Wildman–Crippen LogP) is 1.23. The summed E-state index contributed by atoms with van der Waals surface area (Å²) < 4.78 is 0. The molecule has 2 rings (SSSR count). The topological polar surface area (TPSA) is 53.4 Å². The van der Waals surface area contributed by atoms with Crippen LogP contribution in [-0.2, 0) is 0 Å². The van der Waals surface area contributed by atoms with E-state index in [1.807, 2.05) is 32.9 Å². The van der Waals surface area contributed by atoms with Gasteiger partial charge in [0.2, 0.25) is 0 Å². The molecule has 4 nitrogen and oxygen atoms in total. The molecule has 4 heteroatoms. The fourth-order valence-corrected chi connectivity index (χ4v) is 1.95. The van der Waals surface area contributed by atoms with Gasteiger partial charge in [-0.3, -0.25) is 4.79 Å². The molecule has 1 aromatic heterocycles. The van der Waals surface area contributed by atoms with Crippen molar-refractivity contribution in [3.63, 3.8) is 0 Å². The van der Waals surface area contributed by atoms with Crippen LogP contribution in [0.3, 0.4) is 0 Å². The van der Waals surface area contributed by atoms with Gasteiger partial charge in [0, 0.05) is 5.69 Å². The Balaban J connectivity index is 2.05. The Morgan fingerprint density at radius 3 is 2.65 bits per heavy atom. The highest BCUT2D eigenvalue weighted by Gasteiger charge is 2.46. The van der Waals surface area contributed by atoms with Crippen LogP contribution >= 0.6 is 0 Å². The molecule has 1 fully saturated rings. The van der Waals surface area contributed by atoms with Crippen LogP contribution in [0.15, 0.2) is 18.2 Å². The highest BCUT2D eigenvalue weighted by molar-refractivity contribution is 5.93. The normalized spacial score (nSPS) is 18.1. The maximum absolute atomic E-state index is 12.0. The van der Waals surface area contributed by atoms with E-state index in [1.54, 1.807) is 11.0 Å². The number of carbonyl (C=O) groups is 1. The van der Waals surface area contributed by atoms with E-state index in [0.29, 0.717) is 18.8 Å². The van der Waals surface area contributed by atoms with Crippen molar-refractivity contribution in [3.05, 3.63) is 29.6 Å². The molecule has 17 heavy (non-hydrogen) atoms. The Hall–Kier alpha value is -1.42. The van der Waals surface area contributed by atoms with E-state index in [9.17, 15) is 9.90 Å². The minimum atomic E-state index is -0.723. The number of aliphatic hydroxyl groups is 1. The van der Waals surface area contributed by atoms with E-state index in [0.717, 1.165) is 5.69 Å². The average molecular weight is 234 g/mol. The zero-order valence-corrected chi connectivity index (χ0v) is 10.5. The van der Waals surface area contributed by atoms with Crippen molar-refractivity contribution in [2.75, 3.05) is 13.1 Å². The third-order valence-corrected chi connectivity index (χ3v) is 3.40. The zero-order valence-electron chi connectivity index (χ0n) is 10.5. The lowest BCUT2D eigenvalue weighted by atomic mass is 9.83. The third-order valence-electron chi connectivity index (χ3n) is 3.40. The molecule has 1 saturated heterocycles. The van der Waals surface area contributed by atoms with Gasteiger partial charge in [0.05, 0.1) is 13.1 Å². The molecule has 0 spiro atoms. The standard InChI is InChI=1S/C13H18N2O2/c1-9(2)13(17)7-15(8-13)12(16)11-6-4-5-10(3)14-11/h4-6,9,17H,7-8H2,1-3H3. The molecular weight excluding hydrogens is 216 g/mol. The summed E-state index contributed by atoms with van der Waals surface area (Å²) in [5, 5.41) is 10.1. The first-order valence-electron chi connectivity index (χ1n) is 5.88. The Kier molecular flexibility index (Phi) is 2.91. The highest BCUT2D eigenvalue weighted by atomic mass is 16.3. The van der Waals surface area contributed by atoms with Gasteiger partial charge in [0.15, 0.2) is 0 Å². The molecule has 1 aromatic rings. The summed E-state index contributed by atoms with van der Waals surface area (Å²) in [4.78, 5) is 17.9. The summed E-state index contributed by atoms with van der Waals surface area (Å²) in [6.07, 6.45) is 0. The summed E-state index contributed by atoms with van der Waals surface area (Å²) in [6, 6.07) is 5.39. The van der Waals surface area contributed by atoms with Crippen molar-refractivity contribution >= 4 is 5.91 Å². The Morgan fingerprint density at radius 1 is 1.47 bits per heavy atom. The zero-order chi connectivity index (χ0) is 12.6. The van der Waals surface area contributed by atoms with E-state index >= 15 is 0 Å². The summed E-state index contributed by atoms with van der Waals surface area (Å²) in [5.74, 6) is 0.0658. The second-order valence-electron chi connectivity index (χ2n) is 5.08. The Labute approximate surface area is 101 Å². The van der Waals surface area contributed by atoms with E-state index < -0.39 is 5.60 Å². The van der Waals surface area contributed by atoms with Gasteiger partial charge in [-0.25, -0.2) is 4.98 Å². The van der Waals surface area contributed by atoms with Crippen LogP contribution in [0.2, 0.25) is 0 Å². The lowest BCUT2D eigenvalue weighted by molar-refractivity contribution is -0.111. The lowest BCUT2D eigenvalue weighted by Gasteiger charge is -2.48. The summed E-state index contributed by atoms with van der Waals surface area (Å²) in [7, 11) is 0. The Bertz CT molecular complexity index is 437. The number of amides is 1. The van der Waals surface area contributed by atoms with Crippen LogP contribution < -0.4 is 0 Å². The average Bonchev–Trinajstić information content (AvgIpc) is 2.23. The van der Waals surface area contributed by atoms with Crippen LogP contribution in [0.25, 0.3) is 0 Å². The third kappa shape index (κ3) is 2.17. The quantitative estimate of drug-likeness (QED) is 0.837. The summed E-state index contributed by atoms with van der Waals surface area (Å²) in [6.45, 7) is 6.59. The fourth-order valence-electron chi connectivity index (χ4n) is 1.95. The summed E-state index contributed by atoms with van der Waals surface area (Å²) >= 11 is 0. The number of nitrogens with zero attached hydrogens (tertiary/aromatic N) is 2. The van der Waals surface area contributed by atoms with Crippen LogP contribution in [0.4, 0.5) is 0 Å². The first kappa shape index (κ1) is 12.0. The maximum Gasteiger partial charge on any atom is 0.272 e. The second kappa shape index (κ2) is 4.11.